The van der Waals surface area contributed by atoms with Crippen LogP contribution in [-0.4, -0.2) is 37.1 Å². The normalized spacial score (nSPS) is 18.8. The molecule has 1 atom stereocenters. The van der Waals surface area contributed by atoms with E-state index in [-0.39, 0.29) is 17.7 Å². The summed E-state index contributed by atoms with van der Waals surface area (Å²) < 4.78 is 27.0. The van der Waals surface area contributed by atoms with Gasteiger partial charge in [0.15, 0.2) is 0 Å². The molecule has 2 N–H and O–H groups in total. The number of nitrogens with zero attached hydrogens (tertiary/aromatic N) is 1. The Morgan fingerprint density at radius 2 is 1.86 bits per heavy atom. The van der Waals surface area contributed by atoms with Crippen molar-refractivity contribution in [1.29, 1.82) is 0 Å². The van der Waals surface area contributed by atoms with E-state index in [0.29, 0.717) is 0 Å². The zero-order valence-electron chi connectivity index (χ0n) is 16.5. The molecule has 2 heterocycles. The lowest BCUT2D eigenvalue weighted by atomic mass is 9.90. The predicted molar refractivity (Wildman–Crippen MR) is 113 cm³/mol. The number of nitrogens with one attached hydrogen (secondary N) is 2. The van der Waals surface area contributed by atoms with E-state index in [1.807, 2.05) is 24.4 Å². The molecule has 0 saturated carbocycles. The van der Waals surface area contributed by atoms with Crippen molar-refractivity contribution in [1.82, 2.24) is 15.5 Å². The summed E-state index contributed by atoms with van der Waals surface area (Å²) in [6.07, 6.45) is 7.91. The second-order valence-electron chi connectivity index (χ2n) is 7.77. The monoisotopic (exact) mass is 395 g/mol. The molecule has 29 heavy (non-hydrogen) atoms. The highest BCUT2D eigenvalue weighted by Gasteiger charge is 2.26. The lowest BCUT2D eigenvalue weighted by Crippen LogP contribution is -2.45. The predicted octanol–water partition coefficient (Wildman–Crippen LogP) is 3.57. The summed E-state index contributed by atoms with van der Waals surface area (Å²) in [6.45, 7) is 4.35. The third-order valence-electron chi connectivity index (χ3n) is 5.70. The zero-order valence-corrected chi connectivity index (χ0v) is 16.5. The van der Waals surface area contributed by atoms with Crippen molar-refractivity contribution in [3.05, 3.63) is 94.7 Å². The summed E-state index contributed by atoms with van der Waals surface area (Å²) in [4.78, 5) is 2.46. The van der Waals surface area contributed by atoms with Crippen molar-refractivity contribution in [3.8, 4) is 0 Å². The Kier molecular flexibility index (Phi) is 6.37. The Morgan fingerprint density at radius 3 is 2.66 bits per heavy atom. The Morgan fingerprint density at radius 1 is 1.03 bits per heavy atom. The molecule has 2 aromatic carbocycles. The minimum Gasteiger partial charge on any atom is -0.387 e. The highest BCUT2D eigenvalue weighted by atomic mass is 19.1. The minimum atomic E-state index is -0.216. The smallest absolute Gasteiger partial charge is 0.123 e. The topological polar surface area (TPSA) is 27.3 Å². The van der Waals surface area contributed by atoms with Crippen molar-refractivity contribution < 1.29 is 8.78 Å². The first-order chi connectivity index (χ1) is 14.2. The molecule has 0 saturated heterocycles. The van der Waals surface area contributed by atoms with Gasteiger partial charge in [-0.1, -0.05) is 24.3 Å². The first-order valence-corrected chi connectivity index (χ1v) is 10.2. The molecule has 0 spiro atoms. The molecular weight excluding hydrogens is 368 g/mol. The molecule has 4 rings (SSSR count). The molecule has 2 aliphatic heterocycles. The molecule has 0 amide bonds. The molecule has 0 bridgehead atoms. The van der Waals surface area contributed by atoms with Crippen LogP contribution in [0.3, 0.4) is 0 Å². The number of fused-ring (bicyclic) bond motifs is 1. The van der Waals surface area contributed by atoms with E-state index >= 15 is 0 Å². The summed E-state index contributed by atoms with van der Waals surface area (Å²) in [7, 11) is 0. The van der Waals surface area contributed by atoms with E-state index in [2.05, 4.69) is 27.7 Å². The van der Waals surface area contributed by atoms with Crippen LogP contribution in [0.5, 0.6) is 0 Å². The maximum absolute atomic E-state index is 13.7. The fourth-order valence-corrected chi connectivity index (χ4v) is 4.10. The van der Waals surface area contributed by atoms with Crippen LogP contribution in [0.4, 0.5) is 8.78 Å². The Balaban J connectivity index is 1.41. The fourth-order valence-electron chi connectivity index (χ4n) is 4.10. The molecule has 0 aromatic heterocycles. The Labute approximate surface area is 171 Å². The fraction of sp³-hybridized carbons (Fsp3) is 0.333. The van der Waals surface area contributed by atoms with Gasteiger partial charge in [0, 0.05) is 38.8 Å². The van der Waals surface area contributed by atoms with Crippen LogP contribution >= 0.6 is 0 Å². The van der Waals surface area contributed by atoms with Crippen LogP contribution < -0.4 is 10.6 Å². The molecule has 0 radical (unpaired) electrons. The lowest BCUT2D eigenvalue weighted by molar-refractivity contribution is 0.171. The SMILES string of the molecule is Fc1ccc(CC2Cc3cc(F)ccc3CN2CCNCC2=CCNC=C2)cc1. The third kappa shape index (κ3) is 5.31. The van der Waals surface area contributed by atoms with Gasteiger partial charge in [0.1, 0.15) is 11.6 Å². The number of hydrogen-bond acceptors (Lipinski definition) is 3. The molecule has 2 aliphatic rings. The second kappa shape index (κ2) is 9.33. The molecule has 5 heteroatoms. The summed E-state index contributed by atoms with van der Waals surface area (Å²) in [5.41, 5.74) is 4.70. The van der Waals surface area contributed by atoms with Gasteiger partial charge in [-0.15, -0.1) is 0 Å². The van der Waals surface area contributed by atoms with Crippen molar-refractivity contribution in [2.45, 2.75) is 25.4 Å². The van der Waals surface area contributed by atoms with Gasteiger partial charge in [-0.3, -0.25) is 4.90 Å². The minimum absolute atomic E-state index is 0.178. The summed E-state index contributed by atoms with van der Waals surface area (Å²) in [5.74, 6) is -0.394. The summed E-state index contributed by atoms with van der Waals surface area (Å²) in [5, 5.41) is 6.69. The molecule has 152 valence electrons. The highest BCUT2D eigenvalue weighted by molar-refractivity contribution is 5.32. The maximum atomic E-state index is 13.7. The van der Waals surface area contributed by atoms with Gasteiger partial charge in [-0.25, -0.2) is 8.78 Å². The van der Waals surface area contributed by atoms with E-state index in [1.165, 1.54) is 23.3 Å². The van der Waals surface area contributed by atoms with Crippen LogP contribution in [0.15, 0.2) is 66.4 Å². The van der Waals surface area contributed by atoms with E-state index < -0.39 is 0 Å². The average Bonchev–Trinajstić information content (AvgIpc) is 2.74. The third-order valence-corrected chi connectivity index (χ3v) is 5.70. The van der Waals surface area contributed by atoms with E-state index in [1.54, 1.807) is 12.1 Å². The van der Waals surface area contributed by atoms with Crippen LogP contribution in [0.25, 0.3) is 0 Å². The van der Waals surface area contributed by atoms with Gasteiger partial charge in [-0.2, -0.15) is 0 Å². The first-order valence-electron chi connectivity index (χ1n) is 10.2. The molecule has 0 aliphatic carbocycles. The molecular formula is C24H27F2N3. The maximum Gasteiger partial charge on any atom is 0.123 e. The number of dihydropyridines is 1. The average molecular weight is 395 g/mol. The van der Waals surface area contributed by atoms with E-state index in [4.69, 9.17) is 0 Å². The summed E-state index contributed by atoms with van der Waals surface area (Å²) in [6, 6.07) is 12.1. The molecule has 2 aromatic rings. The van der Waals surface area contributed by atoms with Crippen LogP contribution in [-0.2, 0) is 19.4 Å². The number of hydrogen-bond donors (Lipinski definition) is 2. The van der Waals surface area contributed by atoms with Crippen molar-refractivity contribution in [2.24, 2.45) is 0 Å². The standard InChI is InChI=1S/C24H27F2N3/c25-22-4-1-18(2-5-22)13-24-15-21-14-23(26)6-3-20(21)17-29(24)12-11-28-16-19-7-9-27-10-8-19/h1-9,14,24,27-28H,10-13,15-17H2. The van der Waals surface area contributed by atoms with Gasteiger partial charge in [0.05, 0.1) is 0 Å². The molecule has 0 fully saturated rings. The highest BCUT2D eigenvalue weighted by Crippen LogP contribution is 2.26. The number of benzene rings is 2. The van der Waals surface area contributed by atoms with Crippen molar-refractivity contribution in [3.63, 3.8) is 0 Å². The van der Waals surface area contributed by atoms with Gasteiger partial charge < -0.3 is 10.6 Å². The zero-order chi connectivity index (χ0) is 20.1. The Bertz CT molecular complexity index is 889. The van der Waals surface area contributed by atoms with Crippen LogP contribution in [0.2, 0.25) is 0 Å². The van der Waals surface area contributed by atoms with Gasteiger partial charge >= 0.3 is 0 Å². The molecule has 3 nitrogen and oxygen atoms in total. The number of halogens is 2. The van der Waals surface area contributed by atoms with Crippen LogP contribution in [0.1, 0.15) is 16.7 Å². The quantitative estimate of drug-likeness (QED) is 0.702. The van der Waals surface area contributed by atoms with Gasteiger partial charge in [0.25, 0.3) is 0 Å². The number of rotatable bonds is 7. The van der Waals surface area contributed by atoms with Gasteiger partial charge in [-0.05, 0) is 71.6 Å². The van der Waals surface area contributed by atoms with Crippen molar-refractivity contribution in [2.75, 3.05) is 26.2 Å². The van der Waals surface area contributed by atoms with Crippen molar-refractivity contribution >= 4 is 0 Å². The lowest BCUT2D eigenvalue weighted by Gasteiger charge is -2.37. The molecule has 1 unspecified atom stereocenters. The van der Waals surface area contributed by atoms with Gasteiger partial charge in [0.2, 0.25) is 0 Å². The summed E-state index contributed by atoms with van der Waals surface area (Å²) >= 11 is 0. The van der Waals surface area contributed by atoms with E-state index in [9.17, 15) is 8.78 Å². The Hall–Kier alpha value is -2.50. The van der Waals surface area contributed by atoms with Crippen LogP contribution in [0, 0.1) is 11.6 Å². The van der Waals surface area contributed by atoms with E-state index in [0.717, 1.165) is 56.7 Å². The largest absolute Gasteiger partial charge is 0.387 e. The second-order valence-corrected chi connectivity index (χ2v) is 7.77. The first kappa shape index (κ1) is 19.8.